The smallest absolute Gasteiger partial charge is 0.157 e. The molecule has 3 rings (SSSR count). The summed E-state index contributed by atoms with van der Waals surface area (Å²) in [5, 5.41) is 0. The summed E-state index contributed by atoms with van der Waals surface area (Å²) in [4.78, 5) is 9.55. The van der Waals surface area contributed by atoms with E-state index in [0.717, 1.165) is 28.7 Å². The fourth-order valence-corrected chi connectivity index (χ4v) is 3.80. The van der Waals surface area contributed by atoms with Gasteiger partial charge in [0.15, 0.2) is 5.84 Å². The second-order valence-electron chi connectivity index (χ2n) is 8.30. The Morgan fingerprint density at radius 1 is 0.781 bits per heavy atom. The predicted molar refractivity (Wildman–Crippen MR) is 137 cm³/mol. The number of aliphatic imine (C=N–C) groups is 2. The number of unbranched alkanes of at least 4 members (excludes halogenated alkanes) is 4. The van der Waals surface area contributed by atoms with E-state index in [9.17, 15) is 0 Å². The third kappa shape index (κ3) is 7.19. The Morgan fingerprint density at radius 2 is 1.47 bits per heavy atom. The SMILES string of the molecule is CCCCCCCc1ccc(C(N)=NC(=NCc2ccccc2)c2ccccc2)c(C)c1. The van der Waals surface area contributed by atoms with Gasteiger partial charge in [-0.3, -0.25) is 4.99 Å². The molecule has 0 radical (unpaired) electrons. The van der Waals surface area contributed by atoms with Crippen molar-refractivity contribution < 1.29 is 0 Å². The maximum atomic E-state index is 6.48. The molecule has 0 fully saturated rings. The van der Waals surface area contributed by atoms with Crippen molar-refractivity contribution >= 4 is 11.7 Å². The van der Waals surface area contributed by atoms with Gasteiger partial charge in [0, 0.05) is 11.1 Å². The molecule has 0 saturated heterocycles. The summed E-state index contributed by atoms with van der Waals surface area (Å²) in [5.74, 6) is 1.17. The molecule has 2 N–H and O–H groups in total. The molecule has 0 bridgehead atoms. The van der Waals surface area contributed by atoms with Gasteiger partial charge in [0.2, 0.25) is 0 Å². The molecule has 3 aromatic carbocycles. The number of hydrogen-bond donors (Lipinski definition) is 1. The molecule has 0 unspecified atom stereocenters. The highest BCUT2D eigenvalue weighted by Gasteiger charge is 2.08. The fourth-order valence-electron chi connectivity index (χ4n) is 3.80. The minimum absolute atomic E-state index is 0.507. The molecule has 0 heterocycles. The summed E-state index contributed by atoms with van der Waals surface area (Å²) in [6.45, 7) is 4.93. The molecule has 0 spiro atoms. The van der Waals surface area contributed by atoms with Gasteiger partial charge in [0.05, 0.1) is 6.54 Å². The molecule has 166 valence electrons. The highest BCUT2D eigenvalue weighted by Crippen LogP contribution is 2.15. The van der Waals surface area contributed by atoms with Crippen molar-refractivity contribution in [2.24, 2.45) is 15.7 Å². The van der Waals surface area contributed by atoms with Crippen LogP contribution in [0.3, 0.4) is 0 Å². The van der Waals surface area contributed by atoms with Crippen LogP contribution in [0.15, 0.2) is 88.8 Å². The number of amidine groups is 2. The maximum absolute atomic E-state index is 6.48. The Labute approximate surface area is 193 Å². The van der Waals surface area contributed by atoms with Crippen LogP contribution in [-0.2, 0) is 13.0 Å². The van der Waals surface area contributed by atoms with E-state index in [-0.39, 0.29) is 0 Å². The van der Waals surface area contributed by atoms with Crippen LogP contribution in [0.2, 0.25) is 0 Å². The lowest BCUT2D eigenvalue weighted by atomic mass is 10.00. The third-order valence-corrected chi connectivity index (χ3v) is 5.65. The minimum atomic E-state index is 0.507. The van der Waals surface area contributed by atoms with Gasteiger partial charge in [-0.1, -0.05) is 111 Å². The van der Waals surface area contributed by atoms with Gasteiger partial charge in [-0.2, -0.15) is 0 Å². The van der Waals surface area contributed by atoms with Gasteiger partial charge in [-0.05, 0) is 36.5 Å². The monoisotopic (exact) mass is 425 g/mol. The molecule has 3 heteroatoms. The van der Waals surface area contributed by atoms with Gasteiger partial charge >= 0.3 is 0 Å². The summed E-state index contributed by atoms with van der Waals surface area (Å²) < 4.78 is 0. The summed E-state index contributed by atoms with van der Waals surface area (Å²) in [6.07, 6.45) is 7.61. The van der Waals surface area contributed by atoms with E-state index >= 15 is 0 Å². The molecule has 0 amide bonds. The first-order valence-corrected chi connectivity index (χ1v) is 11.7. The average Bonchev–Trinajstić information content (AvgIpc) is 2.83. The molecule has 3 aromatic rings. The van der Waals surface area contributed by atoms with Crippen molar-refractivity contribution in [1.82, 2.24) is 0 Å². The quantitative estimate of drug-likeness (QED) is 0.215. The third-order valence-electron chi connectivity index (χ3n) is 5.65. The highest BCUT2D eigenvalue weighted by atomic mass is 15.0. The van der Waals surface area contributed by atoms with E-state index in [4.69, 9.17) is 15.7 Å². The first-order valence-electron chi connectivity index (χ1n) is 11.7. The number of aryl methyl sites for hydroxylation is 2. The standard InChI is InChI=1S/C29H35N3/c1-3-4-5-6-9-14-24-19-20-27(23(2)21-24)28(30)32-29(26-17-12-8-13-18-26)31-22-25-15-10-7-11-16-25/h7-8,10-13,15-21H,3-6,9,14,22H2,1-2H3,(H2,30,31,32). The second kappa shape index (κ2) is 12.6. The first kappa shape index (κ1) is 23.5. The Balaban J connectivity index is 1.78. The van der Waals surface area contributed by atoms with Crippen LogP contribution in [0.5, 0.6) is 0 Å². The van der Waals surface area contributed by atoms with Crippen molar-refractivity contribution in [2.75, 3.05) is 0 Å². The van der Waals surface area contributed by atoms with Gasteiger partial charge < -0.3 is 5.73 Å². The molecule has 32 heavy (non-hydrogen) atoms. The summed E-state index contributed by atoms with van der Waals surface area (Å²) in [6, 6.07) is 26.8. The second-order valence-corrected chi connectivity index (χ2v) is 8.30. The molecule has 3 nitrogen and oxygen atoms in total. The molecule has 0 aliphatic heterocycles. The van der Waals surface area contributed by atoms with E-state index in [1.54, 1.807) is 0 Å². The molecule has 0 aliphatic rings. The lowest BCUT2D eigenvalue weighted by molar-refractivity contribution is 0.632. The first-order chi connectivity index (χ1) is 15.7. The molecule has 0 saturated carbocycles. The van der Waals surface area contributed by atoms with Crippen LogP contribution >= 0.6 is 0 Å². The lowest BCUT2D eigenvalue weighted by Crippen LogP contribution is -2.18. The zero-order valence-corrected chi connectivity index (χ0v) is 19.4. The Hall–Kier alpha value is -3.20. The van der Waals surface area contributed by atoms with Crippen LogP contribution in [0.4, 0.5) is 0 Å². The van der Waals surface area contributed by atoms with Crippen LogP contribution < -0.4 is 5.73 Å². The summed E-state index contributed by atoms with van der Waals surface area (Å²) in [7, 11) is 0. The fraction of sp³-hybridized carbons (Fsp3) is 0.310. The van der Waals surface area contributed by atoms with E-state index < -0.39 is 0 Å². The van der Waals surface area contributed by atoms with E-state index in [1.807, 2.05) is 48.5 Å². The normalized spacial score (nSPS) is 12.2. The van der Waals surface area contributed by atoms with Crippen molar-refractivity contribution in [1.29, 1.82) is 0 Å². The topological polar surface area (TPSA) is 50.7 Å². The van der Waals surface area contributed by atoms with Crippen molar-refractivity contribution in [3.8, 4) is 0 Å². The van der Waals surface area contributed by atoms with Crippen LogP contribution in [-0.4, -0.2) is 11.7 Å². The Bertz CT molecular complexity index is 1020. The molecule has 0 atom stereocenters. The Morgan fingerprint density at radius 3 is 2.16 bits per heavy atom. The highest BCUT2D eigenvalue weighted by molar-refractivity contribution is 6.11. The molecule has 0 aromatic heterocycles. The number of nitrogens with zero attached hydrogens (tertiary/aromatic N) is 2. The van der Waals surface area contributed by atoms with E-state index in [1.165, 1.54) is 37.7 Å². The minimum Gasteiger partial charge on any atom is -0.383 e. The van der Waals surface area contributed by atoms with E-state index in [2.05, 4.69) is 44.2 Å². The van der Waals surface area contributed by atoms with Crippen LogP contribution in [0.1, 0.15) is 66.8 Å². The molecule has 0 aliphatic carbocycles. The van der Waals surface area contributed by atoms with Gasteiger partial charge in [0.25, 0.3) is 0 Å². The van der Waals surface area contributed by atoms with Crippen molar-refractivity contribution in [3.63, 3.8) is 0 Å². The molecular weight excluding hydrogens is 390 g/mol. The zero-order valence-electron chi connectivity index (χ0n) is 19.4. The molecular formula is C29H35N3. The summed E-state index contributed by atoms with van der Waals surface area (Å²) >= 11 is 0. The Kier molecular flexibility index (Phi) is 9.24. The van der Waals surface area contributed by atoms with Crippen LogP contribution in [0.25, 0.3) is 0 Å². The summed E-state index contributed by atoms with van der Waals surface area (Å²) in [5.41, 5.74) is 12.1. The number of benzene rings is 3. The number of hydrogen-bond acceptors (Lipinski definition) is 1. The number of nitrogens with two attached hydrogens (primary N) is 1. The lowest BCUT2D eigenvalue weighted by Gasteiger charge is -2.10. The number of rotatable bonds is 10. The van der Waals surface area contributed by atoms with Gasteiger partial charge in [-0.25, -0.2) is 4.99 Å². The predicted octanol–water partition coefficient (Wildman–Crippen LogP) is 6.86. The van der Waals surface area contributed by atoms with Crippen molar-refractivity contribution in [3.05, 3.63) is 107 Å². The largest absolute Gasteiger partial charge is 0.383 e. The van der Waals surface area contributed by atoms with Gasteiger partial charge in [-0.15, -0.1) is 0 Å². The van der Waals surface area contributed by atoms with Crippen LogP contribution in [0, 0.1) is 6.92 Å². The van der Waals surface area contributed by atoms with Crippen molar-refractivity contribution in [2.45, 2.75) is 58.9 Å². The maximum Gasteiger partial charge on any atom is 0.157 e. The van der Waals surface area contributed by atoms with E-state index in [0.29, 0.717) is 18.2 Å². The van der Waals surface area contributed by atoms with Gasteiger partial charge in [0.1, 0.15) is 5.84 Å². The average molecular weight is 426 g/mol. The zero-order chi connectivity index (χ0) is 22.6.